The lowest BCUT2D eigenvalue weighted by atomic mass is 10.2. The SMILES string of the molecule is COc1nc(NCCN(C)C)nc(N2CCCCCC2)n1. The van der Waals surface area contributed by atoms with E-state index in [1.807, 2.05) is 14.1 Å². The quantitative estimate of drug-likeness (QED) is 0.846. The van der Waals surface area contributed by atoms with Gasteiger partial charge in [0.25, 0.3) is 0 Å². The van der Waals surface area contributed by atoms with E-state index in [1.54, 1.807) is 7.11 Å². The first-order valence-corrected chi connectivity index (χ1v) is 7.62. The van der Waals surface area contributed by atoms with E-state index in [1.165, 1.54) is 25.7 Å². The molecule has 0 saturated carbocycles. The summed E-state index contributed by atoms with van der Waals surface area (Å²) in [6.45, 7) is 3.72. The maximum atomic E-state index is 5.21. The van der Waals surface area contributed by atoms with Crippen molar-refractivity contribution in [2.24, 2.45) is 0 Å². The van der Waals surface area contributed by atoms with E-state index in [2.05, 4.69) is 30.1 Å². The van der Waals surface area contributed by atoms with Crippen molar-refractivity contribution in [2.75, 3.05) is 57.6 Å². The van der Waals surface area contributed by atoms with Gasteiger partial charge in [-0.25, -0.2) is 0 Å². The highest BCUT2D eigenvalue weighted by molar-refractivity contribution is 5.38. The molecular formula is C14H26N6O. The van der Waals surface area contributed by atoms with E-state index in [4.69, 9.17) is 4.74 Å². The second-order valence-electron chi connectivity index (χ2n) is 5.58. The minimum Gasteiger partial charge on any atom is -0.467 e. The third-order valence-corrected chi connectivity index (χ3v) is 3.52. The van der Waals surface area contributed by atoms with E-state index >= 15 is 0 Å². The number of anilines is 2. The number of nitrogens with one attached hydrogen (secondary N) is 1. The van der Waals surface area contributed by atoms with Crippen LogP contribution in [0, 0.1) is 0 Å². The van der Waals surface area contributed by atoms with Crippen LogP contribution < -0.4 is 15.0 Å². The van der Waals surface area contributed by atoms with Gasteiger partial charge in [-0.1, -0.05) is 12.8 Å². The predicted octanol–water partition coefficient (Wildman–Crippen LogP) is 1.23. The first kappa shape index (κ1) is 15.8. The second-order valence-corrected chi connectivity index (χ2v) is 5.58. The first-order chi connectivity index (χ1) is 10.2. The molecule has 0 radical (unpaired) electrons. The fourth-order valence-corrected chi connectivity index (χ4v) is 2.32. The molecule has 0 aromatic carbocycles. The Hall–Kier alpha value is -1.63. The van der Waals surface area contributed by atoms with Crippen LogP contribution in [0.5, 0.6) is 6.01 Å². The molecule has 0 unspecified atom stereocenters. The van der Waals surface area contributed by atoms with Gasteiger partial charge in [0.2, 0.25) is 11.9 Å². The van der Waals surface area contributed by atoms with Gasteiger partial charge >= 0.3 is 6.01 Å². The second kappa shape index (κ2) is 7.97. The zero-order valence-electron chi connectivity index (χ0n) is 13.3. The molecular weight excluding hydrogens is 268 g/mol. The fourth-order valence-electron chi connectivity index (χ4n) is 2.32. The lowest BCUT2D eigenvalue weighted by Crippen LogP contribution is -2.27. The van der Waals surface area contributed by atoms with Crippen molar-refractivity contribution in [1.82, 2.24) is 19.9 Å². The number of hydrogen-bond acceptors (Lipinski definition) is 7. The Balaban J connectivity index is 2.08. The highest BCUT2D eigenvalue weighted by Gasteiger charge is 2.15. The van der Waals surface area contributed by atoms with Crippen LogP contribution in [0.15, 0.2) is 0 Å². The lowest BCUT2D eigenvalue weighted by molar-refractivity contribution is 0.378. The number of methoxy groups -OCH3 is 1. The number of ether oxygens (including phenoxy) is 1. The van der Waals surface area contributed by atoms with E-state index in [-0.39, 0.29) is 0 Å². The van der Waals surface area contributed by atoms with Crippen molar-refractivity contribution < 1.29 is 4.74 Å². The van der Waals surface area contributed by atoms with Crippen LogP contribution in [0.25, 0.3) is 0 Å². The summed E-state index contributed by atoms with van der Waals surface area (Å²) in [5.41, 5.74) is 0. The van der Waals surface area contributed by atoms with Crippen LogP contribution >= 0.6 is 0 Å². The summed E-state index contributed by atoms with van der Waals surface area (Å²) in [4.78, 5) is 17.5. The molecule has 1 N–H and O–H groups in total. The fraction of sp³-hybridized carbons (Fsp3) is 0.786. The summed E-state index contributed by atoms with van der Waals surface area (Å²) in [7, 11) is 5.67. The molecule has 1 aromatic rings. The Bertz CT molecular complexity index is 431. The molecule has 0 atom stereocenters. The first-order valence-electron chi connectivity index (χ1n) is 7.62. The van der Waals surface area contributed by atoms with Gasteiger partial charge in [0.15, 0.2) is 0 Å². The van der Waals surface area contributed by atoms with Gasteiger partial charge in [0.1, 0.15) is 0 Å². The molecule has 0 aliphatic carbocycles. The van der Waals surface area contributed by atoms with E-state index < -0.39 is 0 Å². The average molecular weight is 294 g/mol. The molecule has 2 heterocycles. The third kappa shape index (κ3) is 5.00. The minimum atomic E-state index is 0.372. The Kier molecular flexibility index (Phi) is 5.98. The van der Waals surface area contributed by atoms with Gasteiger partial charge in [-0.15, -0.1) is 0 Å². The van der Waals surface area contributed by atoms with Crippen LogP contribution in [0.4, 0.5) is 11.9 Å². The number of nitrogens with zero attached hydrogens (tertiary/aromatic N) is 5. The Morgan fingerprint density at radius 3 is 2.43 bits per heavy atom. The summed E-state index contributed by atoms with van der Waals surface area (Å²) in [5.74, 6) is 1.30. The molecule has 1 aliphatic heterocycles. The summed E-state index contributed by atoms with van der Waals surface area (Å²) < 4.78 is 5.21. The molecule has 1 aromatic heterocycles. The Morgan fingerprint density at radius 1 is 1.10 bits per heavy atom. The zero-order valence-corrected chi connectivity index (χ0v) is 13.3. The van der Waals surface area contributed by atoms with Crippen molar-refractivity contribution in [3.05, 3.63) is 0 Å². The lowest BCUT2D eigenvalue weighted by Gasteiger charge is -2.21. The highest BCUT2D eigenvalue weighted by atomic mass is 16.5. The molecule has 118 valence electrons. The predicted molar refractivity (Wildman–Crippen MR) is 84.1 cm³/mol. The van der Waals surface area contributed by atoms with Gasteiger partial charge in [-0.2, -0.15) is 15.0 Å². The molecule has 21 heavy (non-hydrogen) atoms. The summed E-state index contributed by atoms with van der Waals surface area (Å²) >= 11 is 0. The van der Waals surface area contributed by atoms with Gasteiger partial charge in [-0.3, -0.25) is 0 Å². The van der Waals surface area contributed by atoms with E-state index in [0.717, 1.165) is 32.1 Å². The van der Waals surface area contributed by atoms with Crippen LogP contribution in [0.2, 0.25) is 0 Å². The summed E-state index contributed by atoms with van der Waals surface area (Å²) in [6.07, 6.45) is 4.95. The summed E-state index contributed by atoms with van der Waals surface area (Å²) in [5, 5.41) is 3.24. The maximum Gasteiger partial charge on any atom is 0.322 e. The van der Waals surface area contributed by atoms with Crippen molar-refractivity contribution in [1.29, 1.82) is 0 Å². The van der Waals surface area contributed by atoms with Crippen molar-refractivity contribution in [2.45, 2.75) is 25.7 Å². The number of likely N-dealkylation sites (N-methyl/N-ethyl adjacent to an activating group) is 1. The largest absolute Gasteiger partial charge is 0.467 e. The van der Waals surface area contributed by atoms with E-state index in [0.29, 0.717) is 12.0 Å². The number of hydrogen-bond donors (Lipinski definition) is 1. The molecule has 1 fully saturated rings. The van der Waals surface area contributed by atoms with Crippen LogP contribution in [0.1, 0.15) is 25.7 Å². The zero-order chi connectivity index (χ0) is 15.1. The number of aromatic nitrogens is 3. The van der Waals surface area contributed by atoms with Crippen molar-refractivity contribution >= 4 is 11.9 Å². The van der Waals surface area contributed by atoms with Crippen molar-refractivity contribution in [3.8, 4) is 6.01 Å². The molecule has 0 bridgehead atoms. The van der Waals surface area contributed by atoms with Crippen LogP contribution in [0.3, 0.4) is 0 Å². The molecule has 7 nitrogen and oxygen atoms in total. The highest BCUT2D eigenvalue weighted by Crippen LogP contribution is 2.18. The molecule has 2 rings (SSSR count). The monoisotopic (exact) mass is 294 g/mol. The normalized spacial score (nSPS) is 15.9. The van der Waals surface area contributed by atoms with Gasteiger partial charge < -0.3 is 19.9 Å². The van der Waals surface area contributed by atoms with E-state index in [9.17, 15) is 0 Å². The topological polar surface area (TPSA) is 66.4 Å². The third-order valence-electron chi connectivity index (χ3n) is 3.52. The maximum absolute atomic E-state index is 5.21. The van der Waals surface area contributed by atoms with Crippen LogP contribution in [-0.2, 0) is 0 Å². The molecule has 0 amide bonds. The standard InChI is InChI=1S/C14H26N6O/c1-19(2)11-8-15-12-16-13(18-14(17-12)21-3)20-9-6-4-5-7-10-20/h4-11H2,1-3H3,(H,15,16,17,18). The Labute approximate surface area is 126 Å². The molecule has 1 saturated heterocycles. The molecule has 7 heteroatoms. The van der Waals surface area contributed by atoms with Crippen molar-refractivity contribution in [3.63, 3.8) is 0 Å². The van der Waals surface area contributed by atoms with Gasteiger partial charge in [0, 0.05) is 26.2 Å². The molecule has 1 aliphatic rings. The van der Waals surface area contributed by atoms with Gasteiger partial charge in [-0.05, 0) is 26.9 Å². The summed E-state index contributed by atoms with van der Waals surface area (Å²) in [6, 6.07) is 0.372. The Morgan fingerprint density at radius 2 is 1.81 bits per heavy atom. The van der Waals surface area contributed by atoms with Crippen LogP contribution in [-0.4, -0.2) is 67.2 Å². The minimum absolute atomic E-state index is 0.372. The number of rotatable bonds is 6. The average Bonchev–Trinajstić information content (AvgIpc) is 2.75. The molecule has 0 spiro atoms. The van der Waals surface area contributed by atoms with Gasteiger partial charge in [0.05, 0.1) is 7.11 Å². The smallest absolute Gasteiger partial charge is 0.322 e.